The van der Waals surface area contributed by atoms with E-state index in [0.29, 0.717) is 12.1 Å². The molecular formula is C18H29N3O2S. The molecule has 0 radical (unpaired) electrons. The first-order valence-corrected chi connectivity index (χ1v) is 10.1. The standard InChI is InChI=1S/C18H29N3O2S/c1-14(2)20-17(19-8-5-16-4-3-9-22-16)21-15-6-10-23-18(12-15)7-11-24-13-18/h3-4,9,14-15H,5-8,10-13H2,1-2H3,(H2,19,20,21). The number of guanidine groups is 1. The molecule has 3 rings (SSSR count). The summed E-state index contributed by atoms with van der Waals surface area (Å²) in [7, 11) is 0. The molecule has 1 aromatic heterocycles. The van der Waals surface area contributed by atoms with Crippen LogP contribution in [-0.4, -0.2) is 48.3 Å². The van der Waals surface area contributed by atoms with Crippen molar-refractivity contribution in [1.29, 1.82) is 0 Å². The van der Waals surface area contributed by atoms with Gasteiger partial charge in [0.25, 0.3) is 0 Å². The summed E-state index contributed by atoms with van der Waals surface area (Å²) in [6.45, 7) is 5.85. The largest absolute Gasteiger partial charge is 0.469 e. The molecule has 2 saturated heterocycles. The van der Waals surface area contributed by atoms with Crippen LogP contribution in [-0.2, 0) is 11.2 Å². The fourth-order valence-corrected chi connectivity index (χ4v) is 4.72. The highest BCUT2D eigenvalue weighted by Gasteiger charge is 2.40. The molecule has 2 N–H and O–H groups in total. The minimum atomic E-state index is 0.0949. The Kier molecular flexibility index (Phi) is 6.11. The molecule has 0 aromatic carbocycles. The van der Waals surface area contributed by atoms with E-state index in [2.05, 4.69) is 24.5 Å². The summed E-state index contributed by atoms with van der Waals surface area (Å²) < 4.78 is 11.5. The Morgan fingerprint density at radius 1 is 1.50 bits per heavy atom. The second kappa shape index (κ2) is 8.30. The smallest absolute Gasteiger partial charge is 0.191 e. The molecule has 24 heavy (non-hydrogen) atoms. The molecule has 5 nitrogen and oxygen atoms in total. The third-order valence-electron chi connectivity index (χ3n) is 4.53. The van der Waals surface area contributed by atoms with Crippen LogP contribution in [0.15, 0.2) is 27.8 Å². The number of hydrogen-bond donors (Lipinski definition) is 2. The highest BCUT2D eigenvalue weighted by molar-refractivity contribution is 7.99. The zero-order valence-corrected chi connectivity index (χ0v) is 15.5. The second-order valence-corrected chi connectivity index (χ2v) is 8.13. The van der Waals surface area contributed by atoms with Gasteiger partial charge in [0.1, 0.15) is 5.76 Å². The fraction of sp³-hybridized carbons (Fsp3) is 0.722. The molecule has 0 bridgehead atoms. The summed E-state index contributed by atoms with van der Waals surface area (Å²) in [5, 5.41) is 7.09. The Labute approximate surface area is 149 Å². The van der Waals surface area contributed by atoms with Crippen molar-refractivity contribution in [2.24, 2.45) is 4.99 Å². The summed E-state index contributed by atoms with van der Waals surface area (Å²) in [4.78, 5) is 4.74. The molecule has 2 fully saturated rings. The van der Waals surface area contributed by atoms with Crippen LogP contribution in [0.25, 0.3) is 0 Å². The van der Waals surface area contributed by atoms with Gasteiger partial charge in [-0.15, -0.1) is 0 Å². The van der Waals surface area contributed by atoms with Gasteiger partial charge < -0.3 is 19.8 Å². The zero-order valence-electron chi connectivity index (χ0n) is 14.7. The van der Waals surface area contributed by atoms with Crippen molar-refractivity contribution in [2.45, 2.75) is 57.2 Å². The van der Waals surface area contributed by atoms with Crippen LogP contribution >= 0.6 is 11.8 Å². The molecule has 3 heterocycles. The van der Waals surface area contributed by atoms with E-state index in [4.69, 9.17) is 14.1 Å². The van der Waals surface area contributed by atoms with Crippen molar-refractivity contribution in [3.05, 3.63) is 24.2 Å². The third kappa shape index (κ3) is 4.93. The van der Waals surface area contributed by atoms with Crippen LogP contribution in [0.5, 0.6) is 0 Å². The van der Waals surface area contributed by atoms with Gasteiger partial charge in [-0.1, -0.05) is 0 Å². The predicted molar refractivity (Wildman–Crippen MR) is 99.8 cm³/mol. The van der Waals surface area contributed by atoms with E-state index in [1.54, 1.807) is 6.26 Å². The van der Waals surface area contributed by atoms with Gasteiger partial charge >= 0.3 is 0 Å². The highest BCUT2D eigenvalue weighted by atomic mass is 32.2. The lowest BCUT2D eigenvalue weighted by Gasteiger charge is -2.38. The maximum Gasteiger partial charge on any atom is 0.191 e. The van der Waals surface area contributed by atoms with Gasteiger partial charge in [-0.2, -0.15) is 11.8 Å². The molecule has 134 valence electrons. The van der Waals surface area contributed by atoms with Gasteiger partial charge in [0.15, 0.2) is 5.96 Å². The molecule has 1 spiro atoms. The van der Waals surface area contributed by atoms with E-state index in [1.165, 1.54) is 12.2 Å². The van der Waals surface area contributed by atoms with Crippen LogP contribution in [0.3, 0.4) is 0 Å². The van der Waals surface area contributed by atoms with Gasteiger partial charge in [0, 0.05) is 37.4 Å². The van der Waals surface area contributed by atoms with Gasteiger partial charge in [-0.3, -0.25) is 4.99 Å². The van der Waals surface area contributed by atoms with Crippen molar-refractivity contribution in [2.75, 3.05) is 24.7 Å². The van der Waals surface area contributed by atoms with E-state index in [-0.39, 0.29) is 5.60 Å². The number of nitrogens with zero attached hydrogens (tertiary/aromatic N) is 1. The number of aliphatic imine (C=N–C) groups is 1. The van der Waals surface area contributed by atoms with Crippen LogP contribution in [0, 0.1) is 0 Å². The fourth-order valence-electron chi connectivity index (χ4n) is 3.35. The van der Waals surface area contributed by atoms with Crippen molar-refractivity contribution < 1.29 is 9.15 Å². The Bertz CT molecular complexity index is 524. The van der Waals surface area contributed by atoms with Crippen LogP contribution in [0.1, 0.15) is 38.9 Å². The first kappa shape index (κ1) is 17.7. The molecule has 2 unspecified atom stereocenters. The quantitative estimate of drug-likeness (QED) is 0.631. The van der Waals surface area contributed by atoms with Crippen LogP contribution < -0.4 is 10.6 Å². The van der Waals surface area contributed by atoms with Gasteiger partial charge in [0.2, 0.25) is 0 Å². The molecule has 0 saturated carbocycles. The summed E-state index contributed by atoms with van der Waals surface area (Å²) in [5.41, 5.74) is 0.0949. The SMILES string of the molecule is CC(C)NC(=NCCc1ccco1)NC1CCOC2(CCSC2)C1. The normalized spacial score (nSPS) is 27.8. The van der Waals surface area contributed by atoms with E-state index in [1.807, 2.05) is 23.9 Å². The van der Waals surface area contributed by atoms with Crippen molar-refractivity contribution >= 4 is 17.7 Å². The Morgan fingerprint density at radius 3 is 3.12 bits per heavy atom. The van der Waals surface area contributed by atoms with E-state index in [0.717, 1.165) is 49.9 Å². The molecular weight excluding hydrogens is 322 g/mol. The monoisotopic (exact) mass is 351 g/mol. The highest BCUT2D eigenvalue weighted by Crippen LogP contribution is 2.38. The first-order chi connectivity index (χ1) is 11.7. The molecule has 0 amide bonds. The van der Waals surface area contributed by atoms with Crippen molar-refractivity contribution in [3.63, 3.8) is 0 Å². The number of rotatable bonds is 5. The maximum absolute atomic E-state index is 6.12. The number of furan rings is 1. The van der Waals surface area contributed by atoms with Crippen LogP contribution in [0.4, 0.5) is 0 Å². The Balaban J connectivity index is 1.56. The summed E-state index contributed by atoms with van der Waals surface area (Å²) >= 11 is 2.01. The van der Waals surface area contributed by atoms with Gasteiger partial charge in [0.05, 0.1) is 11.9 Å². The summed E-state index contributed by atoms with van der Waals surface area (Å²) in [6.07, 6.45) is 5.84. The number of thioether (sulfide) groups is 1. The zero-order chi connectivity index (χ0) is 16.8. The third-order valence-corrected chi connectivity index (χ3v) is 5.76. The minimum absolute atomic E-state index is 0.0949. The molecule has 2 aliphatic rings. The lowest BCUT2D eigenvalue weighted by Crippen LogP contribution is -2.52. The minimum Gasteiger partial charge on any atom is -0.469 e. The van der Waals surface area contributed by atoms with Crippen LogP contribution in [0.2, 0.25) is 0 Å². The van der Waals surface area contributed by atoms with Crippen molar-refractivity contribution in [1.82, 2.24) is 10.6 Å². The first-order valence-electron chi connectivity index (χ1n) is 8.97. The average Bonchev–Trinajstić information content (AvgIpc) is 3.19. The molecule has 0 aliphatic carbocycles. The van der Waals surface area contributed by atoms with Gasteiger partial charge in [-0.25, -0.2) is 0 Å². The Hall–Kier alpha value is -1.14. The van der Waals surface area contributed by atoms with E-state index < -0.39 is 0 Å². The predicted octanol–water partition coefficient (Wildman–Crippen LogP) is 2.82. The molecule has 2 atom stereocenters. The number of nitrogens with one attached hydrogen (secondary N) is 2. The summed E-state index contributed by atoms with van der Waals surface area (Å²) in [6, 6.07) is 4.71. The Morgan fingerprint density at radius 2 is 2.42 bits per heavy atom. The maximum atomic E-state index is 6.12. The second-order valence-electron chi connectivity index (χ2n) is 7.03. The molecule has 2 aliphatic heterocycles. The number of hydrogen-bond acceptors (Lipinski definition) is 4. The van der Waals surface area contributed by atoms with Gasteiger partial charge in [-0.05, 0) is 51.0 Å². The van der Waals surface area contributed by atoms with E-state index >= 15 is 0 Å². The molecule has 6 heteroatoms. The topological polar surface area (TPSA) is 58.8 Å². The lowest BCUT2D eigenvalue weighted by atomic mass is 9.90. The summed E-state index contributed by atoms with van der Waals surface area (Å²) in [5.74, 6) is 4.24. The average molecular weight is 352 g/mol. The molecule has 1 aromatic rings. The lowest BCUT2D eigenvalue weighted by molar-refractivity contribution is -0.0679. The number of ether oxygens (including phenoxy) is 1. The van der Waals surface area contributed by atoms with Crippen molar-refractivity contribution in [3.8, 4) is 0 Å². The van der Waals surface area contributed by atoms with E-state index in [9.17, 15) is 0 Å².